The second kappa shape index (κ2) is 5.56. The van der Waals surface area contributed by atoms with Crippen molar-refractivity contribution in [1.29, 1.82) is 0 Å². The normalized spacial score (nSPS) is 18.1. The van der Waals surface area contributed by atoms with Crippen LogP contribution in [0.15, 0.2) is 42.6 Å². The van der Waals surface area contributed by atoms with Crippen molar-refractivity contribution in [3.05, 3.63) is 59.5 Å². The highest BCUT2D eigenvalue weighted by molar-refractivity contribution is 5.73. The Balaban J connectivity index is 1.74. The highest BCUT2D eigenvalue weighted by atomic mass is 15.2. The predicted molar refractivity (Wildman–Crippen MR) is 91.6 cm³/mol. The number of para-hydroxylation sites is 1. The van der Waals surface area contributed by atoms with E-state index in [-0.39, 0.29) is 0 Å². The standard InChI is InChI=1S/C19H23N3/c1-15-12-17-18(20-15)13-22(16-8-4-2-5-9-16)14-19(17)21-10-6-3-7-11-21/h2,4-5,8-9,12,14,20H,3,6-7,10-11,13H2,1H3. The van der Waals surface area contributed by atoms with Gasteiger partial charge in [0.15, 0.2) is 0 Å². The highest BCUT2D eigenvalue weighted by Gasteiger charge is 2.25. The van der Waals surface area contributed by atoms with Gasteiger partial charge < -0.3 is 14.8 Å². The van der Waals surface area contributed by atoms with E-state index < -0.39 is 0 Å². The van der Waals surface area contributed by atoms with Crippen LogP contribution in [0.25, 0.3) is 5.70 Å². The zero-order valence-corrected chi connectivity index (χ0v) is 13.2. The predicted octanol–water partition coefficient (Wildman–Crippen LogP) is 4.13. The van der Waals surface area contributed by atoms with Crippen LogP contribution in [0.2, 0.25) is 0 Å². The minimum Gasteiger partial charge on any atom is -0.370 e. The van der Waals surface area contributed by atoms with Crippen molar-refractivity contribution >= 4 is 11.4 Å². The monoisotopic (exact) mass is 293 g/mol. The molecule has 0 atom stereocenters. The number of nitrogens with zero attached hydrogens (tertiary/aromatic N) is 2. The van der Waals surface area contributed by atoms with Crippen LogP contribution >= 0.6 is 0 Å². The average Bonchev–Trinajstić information content (AvgIpc) is 2.95. The molecule has 1 saturated heterocycles. The van der Waals surface area contributed by atoms with Gasteiger partial charge in [-0.05, 0) is 44.4 Å². The van der Waals surface area contributed by atoms with E-state index in [2.05, 4.69) is 64.3 Å². The summed E-state index contributed by atoms with van der Waals surface area (Å²) in [5.41, 5.74) is 6.63. The van der Waals surface area contributed by atoms with E-state index in [0.717, 1.165) is 6.54 Å². The molecular formula is C19H23N3. The number of aromatic amines is 1. The molecule has 2 aliphatic rings. The number of hydrogen-bond donors (Lipinski definition) is 1. The molecule has 1 aromatic carbocycles. The minimum atomic E-state index is 0.921. The van der Waals surface area contributed by atoms with E-state index in [4.69, 9.17) is 0 Å². The van der Waals surface area contributed by atoms with Crippen LogP contribution in [-0.2, 0) is 6.54 Å². The molecule has 4 rings (SSSR count). The molecule has 3 nitrogen and oxygen atoms in total. The van der Waals surface area contributed by atoms with Crippen molar-refractivity contribution in [2.45, 2.75) is 32.7 Å². The summed E-state index contributed by atoms with van der Waals surface area (Å²) in [7, 11) is 0. The first-order valence-electron chi connectivity index (χ1n) is 8.28. The summed E-state index contributed by atoms with van der Waals surface area (Å²) in [4.78, 5) is 8.48. The molecule has 0 radical (unpaired) electrons. The number of anilines is 1. The third-order valence-corrected chi connectivity index (χ3v) is 4.70. The van der Waals surface area contributed by atoms with Crippen LogP contribution in [0.1, 0.15) is 36.2 Å². The summed E-state index contributed by atoms with van der Waals surface area (Å²) >= 11 is 0. The van der Waals surface area contributed by atoms with Crippen molar-refractivity contribution in [3.8, 4) is 0 Å². The smallest absolute Gasteiger partial charge is 0.0634 e. The summed E-state index contributed by atoms with van der Waals surface area (Å²) in [5, 5.41) is 0. The first-order chi connectivity index (χ1) is 10.8. The Labute approximate surface area is 132 Å². The summed E-state index contributed by atoms with van der Waals surface area (Å²) in [6.07, 6.45) is 6.32. The van der Waals surface area contributed by atoms with Gasteiger partial charge in [0.2, 0.25) is 0 Å². The quantitative estimate of drug-likeness (QED) is 0.899. The van der Waals surface area contributed by atoms with Gasteiger partial charge in [-0.3, -0.25) is 0 Å². The molecule has 1 N–H and O–H groups in total. The number of nitrogens with one attached hydrogen (secondary N) is 1. The topological polar surface area (TPSA) is 22.3 Å². The molecule has 22 heavy (non-hydrogen) atoms. The molecule has 114 valence electrons. The van der Waals surface area contributed by atoms with Gasteiger partial charge in [0.1, 0.15) is 0 Å². The van der Waals surface area contributed by atoms with Gasteiger partial charge in [-0.2, -0.15) is 0 Å². The van der Waals surface area contributed by atoms with Crippen molar-refractivity contribution in [2.75, 3.05) is 18.0 Å². The number of piperidine rings is 1. The van der Waals surface area contributed by atoms with Gasteiger partial charge in [-0.1, -0.05) is 18.2 Å². The lowest BCUT2D eigenvalue weighted by atomic mass is 10.0. The number of aromatic nitrogens is 1. The second-order valence-corrected chi connectivity index (χ2v) is 6.37. The van der Waals surface area contributed by atoms with Crippen LogP contribution in [0.4, 0.5) is 5.69 Å². The molecule has 0 bridgehead atoms. The SMILES string of the molecule is Cc1cc2c([nH]1)CN(c1ccccc1)C=C2N1CCCCC1. The molecule has 1 fully saturated rings. The number of rotatable bonds is 2. The molecule has 0 unspecified atom stereocenters. The largest absolute Gasteiger partial charge is 0.370 e. The summed E-state index contributed by atoms with van der Waals surface area (Å²) < 4.78 is 0. The van der Waals surface area contributed by atoms with Gasteiger partial charge in [0, 0.05) is 41.9 Å². The van der Waals surface area contributed by atoms with Gasteiger partial charge in [0.25, 0.3) is 0 Å². The van der Waals surface area contributed by atoms with Crippen molar-refractivity contribution in [2.24, 2.45) is 0 Å². The molecule has 0 saturated carbocycles. The van der Waals surface area contributed by atoms with E-state index >= 15 is 0 Å². The van der Waals surface area contributed by atoms with Crippen molar-refractivity contribution < 1.29 is 0 Å². The highest BCUT2D eigenvalue weighted by Crippen LogP contribution is 2.33. The fourth-order valence-electron chi connectivity index (χ4n) is 3.60. The first-order valence-corrected chi connectivity index (χ1v) is 8.28. The number of fused-ring (bicyclic) bond motifs is 1. The number of benzene rings is 1. The van der Waals surface area contributed by atoms with Crippen LogP contribution in [0.5, 0.6) is 0 Å². The van der Waals surface area contributed by atoms with E-state index in [1.165, 1.54) is 60.7 Å². The lowest BCUT2D eigenvalue weighted by Crippen LogP contribution is -2.32. The molecular weight excluding hydrogens is 270 g/mol. The number of aryl methyl sites for hydroxylation is 1. The molecule has 3 heterocycles. The van der Waals surface area contributed by atoms with Crippen LogP contribution in [0, 0.1) is 6.92 Å². The van der Waals surface area contributed by atoms with E-state index in [0.29, 0.717) is 0 Å². The van der Waals surface area contributed by atoms with Gasteiger partial charge in [0.05, 0.1) is 12.2 Å². The summed E-state index contributed by atoms with van der Waals surface area (Å²) in [5.74, 6) is 0. The first kappa shape index (κ1) is 13.5. The second-order valence-electron chi connectivity index (χ2n) is 6.37. The van der Waals surface area contributed by atoms with Gasteiger partial charge in [-0.25, -0.2) is 0 Å². The maximum Gasteiger partial charge on any atom is 0.0634 e. The molecule has 0 amide bonds. The molecule has 1 aromatic heterocycles. The Morgan fingerprint density at radius 1 is 1.00 bits per heavy atom. The number of hydrogen-bond acceptors (Lipinski definition) is 2. The summed E-state index contributed by atoms with van der Waals surface area (Å²) in [6, 6.07) is 13.0. The fraction of sp³-hybridized carbons (Fsp3) is 0.368. The van der Waals surface area contributed by atoms with Gasteiger partial charge >= 0.3 is 0 Å². The Morgan fingerprint density at radius 3 is 2.55 bits per heavy atom. The number of H-pyrrole nitrogens is 1. The molecule has 2 aromatic rings. The summed E-state index contributed by atoms with van der Waals surface area (Å²) in [6.45, 7) is 5.43. The third kappa shape index (κ3) is 2.41. The van der Waals surface area contributed by atoms with Crippen molar-refractivity contribution in [1.82, 2.24) is 9.88 Å². The van der Waals surface area contributed by atoms with Gasteiger partial charge in [-0.15, -0.1) is 0 Å². The Morgan fingerprint density at radius 2 is 1.77 bits per heavy atom. The zero-order chi connectivity index (χ0) is 14.9. The Hall–Kier alpha value is -2.16. The van der Waals surface area contributed by atoms with Crippen molar-refractivity contribution in [3.63, 3.8) is 0 Å². The average molecular weight is 293 g/mol. The van der Waals surface area contributed by atoms with E-state index in [1.54, 1.807) is 0 Å². The molecule has 0 aliphatic carbocycles. The van der Waals surface area contributed by atoms with E-state index in [9.17, 15) is 0 Å². The van der Waals surface area contributed by atoms with Crippen LogP contribution < -0.4 is 4.90 Å². The molecule has 0 spiro atoms. The maximum absolute atomic E-state index is 3.56. The maximum atomic E-state index is 3.56. The number of likely N-dealkylation sites (tertiary alicyclic amines) is 1. The third-order valence-electron chi connectivity index (χ3n) is 4.70. The van der Waals surface area contributed by atoms with Crippen LogP contribution in [0.3, 0.4) is 0 Å². The Kier molecular flexibility index (Phi) is 3.41. The molecule has 2 aliphatic heterocycles. The van der Waals surface area contributed by atoms with E-state index in [1.807, 2.05) is 0 Å². The molecule has 3 heteroatoms. The minimum absolute atomic E-state index is 0.921. The zero-order valence-electron chi connectivity index (χ0n) is 13.2. The lowest BCUT2D eigenvalue weighted by molar-refractivity contribution is 0.324. The van der Waals surface area contributed by atoms with Crippen LogP contribution in [-0.4, -0.2) is 23.0 Å². The Bertz CT molecular complexity index is 678. The fourth-order valence-corrected chi connectivity index (χ4v) is 3.60. The lowest BCUT2D eigenvalue weighted by Gasteiger charge is -2.36.